The Morgan fingerprint density at radius 1 is 1.17 bits per heavy atom. The quantitative estimate of drug-likeness (QED) is 0.843. The highest BCUT2D eigenvalue weighted by Crippen LogP contribution is 2.25. The number of nitrogens with one attached hydrogen (secondary N) is 1. The molecule has 0 saturated heterocycles. The molecule has 8 heteroatoms. The van der Waals surface area contributed by atoms with E-state index in [1.54, 1.807) is 30.5 Å². The lowest BCUT2D eigenvalue weighted by Gasteiger charge is -2.07. The Balaban J connectivity index is 2.09. The minimum Gasteiger partial charge on any atom is -0.479 e. The van der Waals surface area contributed by atoms with Gasteiger partial charge in [0.15, 0.2) is 0 Å². The molecule has 1 aromatic carbocycles. The van der Waals surface area contributed by atoms with Crippen LogP contribution >= 0.6 is 0 Å². The summed E-state index contributed by atoms with van der Waals surface area (Å²) >= 11 is 0. The molecule has 0 saturated carbocycles. The second-order valence-electron chi connectivity index (χ2n) is 4.88. The van der Waals surface area contributed by atoms with Gasteiger partial charge in [-0.05, 0) is 12.1 Å². The van der Waals surface area contributed by atoms with Gasteiger partial charge in [-0.25, -0.2) is 18.4 Å². The van der Waals surface area contributed by atoms with Crippen LogP contribution in [0.5, 0.6) is 5.88 Å². The highest BCUT2D eigenvalue weighted by Gasteiger charge is 2.11. The van der Waals surface area contributed by atoms with Gasteiger partial charge in [0, 0.05) is 36.3 Å². The van der Waals surface area contributed by atoms with Gasteiger partial charge in [0.2, 0.25) is 5.88 Å². The number of aromatic nitrogens is 2. The number of methoxy groups -OCH3 is 1. The fraction of sp³-hybridized carbons (Fsp3) is 0.267. The molecule has 7 nitrogen and oxygen atoms in total. The third-order valence-electron chi connectivity index (χ3n) is 3.04. The van der Waals surface area contributed by atoms with E-state index in [9.17, 15) is 13.2 Å². The third kappa shape index (κ3) is 4.75. The molecule has 0 spiro atoms. The smallest absolute Gasteiger partial charge is 0.251 e. The monoisotopic (exact) mass is 335 g/mol. The zero-order valence-corrected chi connectivity index (χ0v) is 13.6. The lowest BCUT2D eigenvalue weighted by atomic mass is 10.1. The van der Waals surface area contributed by atoms with Crippen molar-refractivity contribution in [3.63, 3.8) is 0 Å². The maximum atomic E-state index is 11.9. The molecular weight excluding hydrogens is 318 g/mol. The van der Waals surface area contributed by atoms with Gasteiger partial charge in [-0.1, -0.05) is 12.1 Å². The third-order valence-corrected chi connectivity index (χ3v) is 3.98. The minimum atomic E-state index is -3.10. The molecule has 0 bridgehead atoms. The molecule has 23 heavy (non-hydrogen) atoms. The summed E-state index contributed by atoms with van der Waals surface area (Å²) in [6.07, 6.45) is 4.22. The zero-order valence-electron chi connectivity index (χ0n) is 12.8. The lowest BCUT2D eigenvalue weighted by molar-refractivity contribution is 0.0956. The Bertz CT molecular complexity index is 789. The highest BCUT2D eigenvalue weighted by molar-refractivity contribution is 7.90. The first-order valence-electron chi connectivity index (χ1n) is 6.82. The first-order valence-corrected chi connectivity index (χ1v) is 8.88. The number of carbonyl (C=O) groups excluding carboxylic acids is 1. The Kier molecular flexibility index (Phi) is 5.28. The minimum absolute atomic E-state index is 0.0808. The average molecular weight is 335 g/mol. The number of ether oxygens (including phenoxy) is 1. The van der Waals surface area contributed by atoms with E-state index in [-0.39, 0.29) is 18.2 Å². The number of hydrogen-bond donors (Lipinski definition) is 1. The SMILES string of the molecule is COc1nccnc1-c1ccc(C(=O)NCCS(C)(=O)=O)cc1. The van der Waals surface area contributed by atoms with Crippen molar-refractivity contribution >= 4 is 15.7 Å². The Morgan fingerprint density at radius 3 is 2.43 bits per heavy atom. The van der Waals surface area contributed by atoms with Crippen LogP contribution in [-0.2, 0) is 9.84 Å². The molecule has 1 amide bonds. The van der Waals surface area contributed by atoms with Crippen LogP contribution in [0.1, 0.15) is 10.4 Å². The molecule has 2 aromatic rings. The summed E-state index contributed by atoms with van der Waals surface area (Å²) in [6.45, 7) is 0.0808. The van der Waals surface area contributed by atoms with Gasteiger partial charge >= 0.3 is 0 Å². The number of amides is 1. The molecule has 1 aromatic heterocycles. The first kappa shape index (κ1) is 16.9. The summed E-state index contributed by atoms with van der Waals surface area (Å²) in [4.78, 5) is 20.2. The number of benzene rings is 1. The van der Waals surface area contributed by atoms with Crippen molar-refractivity contribution in [3.05, 3.63) is 42.2 Å². The van der Waals surface area contributed by atoms with Crippen LogP contribution in [0.4, 0.5) is 0 Å². The lowest BCUT2D eigenvalue weighted by Crippen LogP contribution is -2.28. The molecule has 122 valence electrons. The van der Waals surface area contributed by atoms with Crippen LogP contribution in [0.25, 0.3) is 11.3 Å². The maximum Gasteiger partial charge on any atom is 0.251 e. The molecule has 0 fully saturated rings. The van der Waals surface area contributed by atoms with E-state index in [1.807, 2.05) is 0 Å². The van der Waals surface area contributed by atoms with Crippen molar-refractivity contribution in [1.29, 1.82) is 0 Å². The molecule has 0 aliphatic carbocycles. The summed E-state index contributed by atoms with van der Waals surface area (Å²) < 4.78 is 27.2. The van der Waals surface area contributed by atoms with Crippen molar-refractivity contribution in [1.82, 2.24) is 15.3 Å². The molecule has 0 aliphatic rings. The summed E-state index contributed by atoms with van der Waals surface area (Å²) in [5.41, 5.74) is 1.78. The number of sulfone groups is 1. The normalized spacial score (nSPS) is 11.0. The second-order valence-corrected chi connectivity index (χ2v) is 7.14. The maximum absolute atomic E-state index is 11.9. The van der Waals surface area contributed by atoms with Crippen molar-refractivity contribution < 1.29 is 17.9 Å². The first-order chi connectivity index (χ1) is 10.9. The van der Waals surface area contributed by atoms with Gasteiger partial charge < -0.3 is 10.1 Å². The van der Waals surface area contributed by atoms with Gasteiger partial charge in [-0.3, -0.25) is 4.79 Å². The average Bonchev–Trinajstić information content (AvgIpc) is 2.53. The van der Waals surface area contributed by atoms with Crippen molar-refractivity contribution in [3.8, 4) is 17.1 Å². The van der Waals surface area contributed by atoms with E-state index in [2.05, 4.69) is 15.3 Å². The summed E-state index contributed by atoms with van der Waals surface area (Å²) in [5.74, 6) is -0.0164. The van der Waals surface area contributed by atoms with E-state index in [0.29, 0.717) is 17.1 Å². The largest absolute Gasteiger partial charge is 0.479 e. The summed E-state index contributed by atoms with van der Waals surface area (Å²) in [5, 5.41) is 2.57. The Labute approximate surface area is 134 Å². The summed E-state index contributed by atoms with van der Waals surface area (Å²) in [6, 6.07) is 6.74. The molecular formula is C15H17N3O4S. The number of nitrogens with zero attached hydrogens (tertiary/aromatic N) is 2. The standard InChI is InChI=1S/C15H17N3O4S/c1-22-15-13(16-7-8-18-15)11-3-5-12(6-4-11)14(19)17-9-10-23(2,20)21/h3-8H,9-10H2,1-2H3,(H,17,19). The Hall–Kier alpha value is -2.48. The second kappa shape index (κ2) is 7.19. The molecule has 0 unspecified atom stereocenters. The fourth-order valence-electron chi connectivity index (χ4n) is 1.90. The molecule has 1 N–H and O–H groups in total. The predicted octanol–water partition coefficient (Wildman–Crippen LogP) is 0.927. The highest BCUT2D eigenvalue weighted by atomic mass is 32.2. The van der Waals surface area contributed by atoms with E-state index in [0.717, 1.165) is 11.8 Å². The van der Waals surface area contributed by atoms with Gasteiger partial charge in [0.25, 0.3) is 5.91 Å². The van der Waals surface area contributed by atoms with Crippen LogP contribution in [0.2, 0.25) is 0 Å². The van der Waals surface area contributed by atoms with Crippen molar-refractivity contribution in [2.45, 2.75) is 0 Å². The van der Waals surface area contributed by atoms with Crippen LogP contribution in [0.15, 0.2) is 36.7 Å². The number of carbonyl (C=O) groups is 1. The molecule has 0 radical (unpaired) electrons. The van der Waals surface area contributed by atoms with E-state index >= 15 is 0 Å². The Morgan fingerprint density at radius 2 is 1.83 bits per heavy atom. The van der Waals surface area contributed by atoms with Crippen LogP contribution in [0.3, 0.4) is 0 Å². The topological polar surface area (TPSA) is 98.2 Å². The van der Waals surface area contributed by atoms with Gasteiger partial charge in [-0.15, -0.1) is 0 Å². The van der Waals surface area contributed by atoms with E-state index in [1.165, 1.54) is 13.3 Å². The van der Waals surface area contributed by atoms with Gasteiger partial charge in [0.1, 0.15) is 15.5 Å². The zero-order chi connectivity index (χ0) is 16.9. The van der Waals surface area contributed by atoms with Crippen molar-refractivity contribution in [2.75, 3.05) is 25.7 Å². The van der Waals surface area contributed by atoms with E-state index < -0.39 is 9.84 Å². The molecule has 0 aliphatic heterocycles. The van der Waals surface area contributed by atoms with Crippen molar-refractivity contribution in [2.24, 2.45) is 0 Å². The van der Waals surface area contributed by atoms with Gasteiger partial charge in [0.05, 0.1) is 12.9 Å². The number of hydrogen-bond acceptors (Lipinski definition) is 6. The van der Waals surface area contributed by atoms with E-state index in [4.69, 9.17) is 4.74 Å². The van der Waals surface area contributed by atoms with Gasteiger partial charge in [-0.2, -0.15) is 0 Å². The molecule has 0 atom stereocenters. The van der Waals surface area contributed by atoms with Crippen LogP contribution in [-0.4, -0.2) is 50.0 Å². The van der Waals surface area contributed by atoms with Crippen LogP contribution in [0, 0.1) is 0 Å². The van der Waals surface area contributed by atoms with Crippen LogP contribution < -0.4 is 10.1 Å². The predicted molar refractivity (Wildman–Crippen MR) is 86.1 cm³/mol. The molecule has 2 rings (SSSR count). The summed E-state index contributed by atoms with van der Waals surface area (Å²) in [7, 11) is -1.59. The molecule has 1 heterocycles. The number of rotatable bonds is 6. The fourth-order valence-corrected chi connectivity index (χ4v) is 2.38.